The monoisotopic (exact) mass is 755 g/mol. The van der Waals surface area contributed by atoms with Crippen molar-refractivity contribution in [2.45, 2.75) is 15.2 Å². The molecule has 1 aliphatic heterocycles. The van der Waals surface area contributed by atoms with Crippen LogP contribution in [-0.2, 0) is 5.41 Å². The maximum Gasteiger partial charge on any atom is 0.160 e. The number of nitrogens with zero attached hydrogens (tertiary/aromatic N) is 3. The second kappa shape index (κ2) is 13.7. The third kappa shape index (κ3) is 5.44. The van der Waals surface area contributed by atoms with Gasteiger partial charge in [-0.25, -0.2) is 9.97 Å². The van der Waals surface area contributed by atoms with Crippen molar-refractivity contribution in [2.24, 2.45) is 0 Å². The van der Waals surface area contributed by atoms with Gasteiger partial charge in [0.2, 0.25) is 0 Å². The number of nitriles is 1. The first-order chi connectivity index (χ1) is 28.7. The zero-order valence-electron chi connectivity index (χ0n) is 31.3. The summed E-state index contributed by atoms with van der Waals surface area (Å²) in [6, 6.07) is 73.2. The van der Waals surface area contributed by atoms with E-state index in [1.54, 1.807) is 0 Å². The van der Waals surface area contributed by atoms with Crippen molar-refractivity contribution >= 4 is 11.8 Å². The molecule has 2 heterocycles. The Labute approximate surface area is 342 Å². The van der Waals surface area contributed by atoms with Gasteiger partial charge in [0, 0.05) is 26.5 Å². The van der Waals surface area contributed by atoms with Crippen molar-refractivity contribution in [3.63, 3.8) is 0 Å². The first-order valence-electron chi connectivity index (χ1n) is 19.4. The Bertz CT molecular complexity index is 2990. The molecule has 8 aromatic carbocycles. The highest BCUT2D eigenvalue weighted by Crippen LogP contribution is 2.62. The molecule has 0 atom stereocenters. The van der Waals surface area contributed by atoms with E-state index in [4.69, 9.17) is 9.97 Å². The van der Waals surface area contributed by atoms with E-state index in [-0.39, 0.29) is 0 Å². The minimum Gasteiger partial charge on any atom is -0.228 e. The van der Waals surface area contributed by atoms with Crippen molar-refractivity contribution in [3.8, 4) is 73.4 Å². The molecule has 270 valence electrons. The quantitative estimate of drug-likeness (QED) is 0.175. The molecule has 0 amide bonds. The molecule has 0 saturated carbocycles. The minimum absolute atomic E-state index is 0.548. The Morgan fingerprint density at radius 1 is 0.379 bits per heavy atom. The molecule has 1 spiro atoms. The van der Waals surface area contributed by atoms with Crippen LogP contribution in [0.2, 0.25) is 0 Å². The summed E-state index contributed by atoms with van der Waals surface area (Å²) < 4.78 is 0. The fourth-order valence-corrected chi connectivity index (χ4v) is 10.1. The summed E-state index contributed by atoms with van der Waals surface area (Å²) in [7, 11) is 0. The Hall–Kier alpha value is -7.32. The minimum atomic E-state index is -0.548. The predicted molar refractivity (Wildman–Crippen MR) is 235 cm³/mol. The lowest BCUT2D eigenvalue weighted by molar-refractivity contribution is 0.722. The zero-order valence-corrected chi connectivity index (χ0v) is 32.1. The van der Waals surface area contributed by atoms with Crippen LogP contribution in [0.4, 0.5) is 0 Å². The smallest absolute Gasteiger partial charge is 0.160 e. The third-order valence-electron chi connectivity index (χ3n) is 11.6. The van der Waals surface area contributed by atoms with Crippen LogP contribution in [0.3, 0.4) is 0 Å². The van der Waals surface area contributed by atoms with E-state index in [1.807, 2.05) is 54.2 Å². The largest absolute Gasteiger partial charge is 0.228 e. The molecule has 0 N–H and O–H groups in total. The van der Waals surface area contributed by atoms with Crippen molar-refractivity contribution in [1.29, 1.82) is 5.26 Å². The number of benzene rings is 8. The predicted octanol–water partition coefficient (Wildman–Crippen LogP) is 13.5. The molecule has 3 nitrogen and oxygen atoms in total. The van der Waals surface area contributed by atoms with Gasteiger partial charge >= 0.3 is 0 Å². The average molecular weight is 756 g/mol. The SMILES string of the molecule is N#Cc1ccc2c(c1)C1(c3ccccc3Sc3ccccc31)c1cc(-c3ccc(-c4cccc(-c5cc(-c6ccccc6)nc(-c6ccccc6)n5)c4)cc3)ccc1-2. The lowest BCUT2D eigenvalue weighted by Gasteiger charge is -2.39. The van der Waals surface area contributed by atoms with Crippen LogP contribution in [0.25, 0.3) is 67.3 Å². The summed E-state index contributed by atoms with van der Waals surface area (Å²) in [4.78, 5) is 12.6. The van der Waals surface area contributed by atoms with Crippen LogP contribution in [0.5, 0.6) is 0 Å². The maximum atomic E-state index is 10.1. The Balaban J connectivity index is 0.997. The molecule has 11 rings (SSSR count). The van der Waals surface area contributed by atoms with E-state index in [0.29, 0.717) is 11.4 Å². The first kappa shape index (κ1) is 34.0. The molecule has 9 aromatic rings. The molecular weight excluding hydrogens is 723 g/mol. The standard InChI is InChI=1S/C54H33N3S/c55-34-35-22-28-43-44-29-27-41(32-48(44)54(47(43)30-35)45-18-7-9-20-51(45)58-52-21-10-8-19-46(52)54)37-25-23-36(24-26-37)40-16-11-17-42(31-40)50-33-49(38-12-3-1-4-13-38)56-53(57-50)39-14-5-2-6-15-39/h1-33H. The molecule has 4 heteroatoms. The average Bonchev–Trinajstić information content (AvgIpc) is 3.58. The first-order valence-corrected chi connectivity index (χ1v) is 20.3. The van der Waals surface area contributed by atoms with Crippen LogP contribution in [0.1, 0.15) is 27.8 Å². The van der Waals surface area contributed by atoms with Crippen LogP contribution in [-0.4, -0.2) is 9.97 Å². The highest BCUT2D eigenvalue weighted by Gasteiger charge is 2.50. The molecule has 0 bridgehead atoms. The zero-order chi connectivity index (χ0) is 38.6. The van der Waals surface area contributed by atoms with E-state index in [1.165, 1.54) is 43.2 Å². The summed E-state index contributed by atoms with van der Waals surface area (Å²) in [5.41, 5.74) is 16.9. The summed E-state index contributed by atoms with van der Waals surface area (Å²) in [6.45, 7) is 0. The molecular formula is C54H33N3S. The number of rotatable bonds is 5. The highest BCUT2D eigenvalue weighted by atomic mass is 32.2. The normalized spacial score (nSPS) is 12.9. The van der Waals surface area contributed by atoms with Gasteiger partial charge in [0.1, 0.15) is 0 Å². The van der Waals surface area contributed by atoms with E-state index in [2.05, 4.69) is 164 Å². The van der Waals surface area contributed by atoms with E-state index in [9.17, 15) is 5.26 Å². The molecule has 0 saturated heterocycles. The lowest BCUT2D eigenvalue weighted by atomic mass is 9.67. The molecule has 0 fully saturated rings. The molecule has 1 aliphatic carbocycles. The van der Waals surface area contributed by atoms with Gasteiger partial charge in [0.05, 0.1) is 28.4 Å². The summed E-state index contributed by atoms with van der Waals surface area (Å²) in [5.74, 6) is 0.704. The molecule has 0 radical (unpaired) electrons. The van der Waals surface area contributed by atoms with Crippen LogP contribution >= 0.6 is 11.8 Å². The highest BCUT2D eigenvalue weighted by molar-refractivity contribution is 7.99. The van der Waals surface area contributed by atoms with Gasteiger partial charge in [-0.1, -0.05) is 169 Å². The number of fused-ring (bicyclic) bond motifs is 9. The van der Waals surface area contributed by atoms with Crippen molar-refractivity contribution in [1.82, 2.24) is 9.97 Å². The topological polar surface area (TPSA) is 49.6 Å². The molecule has 0 unspecified atom stereocenters. The van der Waals surface area contributed by atoms with Gasteiger partial charge in [-0.3, -0.25) is 0 Å². The van der Waals surface area contributed by atoms with Gasteiger partial charge in [-0.2, -0.15) is 5.26 Å². The van der Waals surface area contributed by atoms with Crippen molar-refractivity contribution in [3.05, 3.63) is 228 Å². The van der Waals surface area contributed by atoms with Crippen molar-refractivity contribution in [2.75, 3.05) is 0 Å². The second-order valence-corrected chi connectivity index (χ2v) is 15.9. The van der Waals surface area contributed by atoms with Gasteiger partial charge in [0.15, 0.2) is 5.82 Å². The Morgan fingerprint density at radius 2 is 0.879 bits per heavy atom. The van der Waals surface area contributed by atoms with E-state index >= 15 is 0 Å². The molecule has 58 heavy (non-hydrogen) atoms. The van der Waals surface area contributed by atoms with E-state index in [0.717, 1.165) is 50.3 Å². The molecule has 1 aromatic heterocycles. The fourth-order valence-electron chi connectivity index (χ4n) is 8.93. The van der Waals surface area contributed by atoms with Gasteiger partial charge in [0.25, 0.3) is 0 Å². The second-order valence-electron chi connectivity index (χ2n) is 14.8. The van der Waals surface area contributed by atoms with E-state index < -0.39 is 5.41 Å². The maximum absolute atomic E-state index is 10.1. The number of hydrogen-bond acceptors (Lipinski definition) is 4. The molecule has 2 aliphatic rings. The van der Waals surface area contributed by atoms with Crippen LogP contribution in [0.15, 0.2) is 210 Å². The number of hydrogen-bond donors (Lipinski definition) is 0. The van der Waals surface area contributed by atoms with Gasteiger partial charge < -0.3 is 0 Å². The summed E-state index contributed by atoms with van der Waals surface area (Å²) in [5, 5.41) is 10.1. The van der Waals surface area contributed by atoms with Gasteiger partial charge in [-0.15, -0.1) is 0 Å². The summed E-state index contributed by atoms with van der Waals surface area (Å²) >= 11 is 1.83. The summed E-state index contributed by atoms with van der Waals surface area (Å²) in [6.07, 6.45) is 0. The third-order valence-corrected chi connectivity index (χ3v) is 12.8. The fraction of sp³-hybridized carbons (Fsp3) is 0.0185. The lowest BCUT2D eigenvalue weighted by Crippen LogP contribution is -2.32. The number of aromatic nitrogens is 2. The Kier molecular flexibility index (Phi) is 8.03. The van der Waals surface area contributed by atoms with Gasteiger partial charge in [-0.05, 0) is 98.1 Å². The van der Waals surface area contributed by atoms with Crippen LogP contribution < -0.4 is 0 Å². The Morgan fingerprint density at radius 3 is 1.53 bits per heavy atom. The van der Waals surface area contributed by atoms with Crippen LogP contribution in [0, 0.1) is 11.3 Å². The van der Waals surface area contributed by atoms with Crippen molar-refractivity contribution < 1.29 is 0 Å².